The Morgan fingerprint density at radius 1 is 1.62 bits per heavy atom. The molecule has 0 aliphatic heterocycles. The zero-order valence-corrected chi connectivity index (χ0v) is 12.4. The van der Waals surface area contributed by atoms with Gasteiger partial charge in [0.2, 0.25) is 0 Å². The molecular formula is C14H17N3O3S. The Balaban J connectivity index is 1.75. The lowest BCUT2D eigenvalue weighted by molar-refractivity contribution is -0.143. The van der Waals surface area contributed by atoms with Gasteiger partial charge in [0.05, 0.1) is 18.1 Å². The number of hydrogen-bond acceptors (Lipinski definition) is 5. The molecule has 2 atom stereocenters. The van der Waals surface area contributed by atoms with Crippen molar-refractivity contribution in [3.05, 3.63) is 18.2 Å². The van der Waals surface area contributed by atoms with Gasteiger partial charge < -0.3 is 20.6 Å². The number of benzene rings is 1. The monoisotopic (exact) mass is 307 g/mol. The zero-order chi connectivity index (χ0) is 15.0. The molecule has 0 amide bonds. The molecule has 1 aliphatic rings. The van der Waals surface area contributed by atoms with E-state index in [1.807, 2.05) is 18.2 Å². The van der Waals surface area contributed by atoms with Gasteiger partial charge in [0.15, 0.2) is 5.16 Å². The predicted octanol–water partition coefficient (Wildman–Crippen LogP) is 2.00. The van der Waals surface area contributed by atoms with Crippen LogP contribution < -0.4 is 10.5 Å². The molecule has 3 rings (SSSR count). The molecule has 4 N–H and O–H groups in total. The molecule has 112 valence electrons. The van der Waals surface area contributed by atoms with Crippen LogP contribution in [0.25, 0.3) is 11.0 Å². The van der Waals surface area contributed by atoms with Crippen molar-refractivity contribution >= 4 is 28.8 Å². The van der Waals surface area contributed by atoms with Gasteiger partial charge in [-0.2, -0.15) is 0 Å². The summed E-state index contributed by atoms with van der Waals surface area (Å²) in [6.45, 7) is 0. The number of fused-ring (bicyclic) bond motifs is 1. The number of carboxylic acid groups (broad SMARTS) is 1. The van der Waals surface area contributed by atoms with Crippen molar-refractivity contribution in [1.82, 2.24) is 9.97 Å². The van der Waals surface area contributed by atoms with Crippen LogP contribution in [0.4, 0.5) is 0 Å². The molecule has 1 aliphatic carbocycles. The summed E-state index contributed by atoms with van der Waals surface area (Å²) in [5.41, 5.74) is 6.59. The quantitative estimate of drug-likeness (QED) is 0.798. The summed E-state index contributed by atoms with van der Waals surface area (Å²) in [6, 6.07) is 5.65. The number of imidazole rings is 1. The summed E-state index contributed by atoms with van der Waals surface area (Å²) >= 11 is 1.56. The van der Waals surface area contributed by atoms with Gasteiger partial charge in [0.1, 0.15) is 11.3 Å². The Labute approximate surface area is 126 Å². The van der Waals surface area contributed by atoms with Gasteiger partial charge >= 0.3 is 5.97 Å². The number of thioether (sulfide) groups is 1. The van der Waals surface area contributed by atoms with Crippen molar-refractivity contribution in [3.63, 3.8) is 0 Å². The molecule has 7 heteroatoms. The minimum absolute atomic E-state index is 0.175. The summed E-state index contributed by atoms with van der Waals surface area (Å²) in [6.07, 6.45) is 1.76. The third-order valence-electron chi connectivity index (χ3n) is 3.88. The molecule has 0 radical (unpaired) electrons. The fourth-order valence-corrected chi connectivity index (χ4v) is 3.88. The van der Waals surface area contributed by atoms with Crippen LogP contribution in [0.5, 0.6) is 5.75 Å². The number of nitrogens with one attached hydrogen (secondary N) is 1. The normalized spacial score (nSPS) is 25.3. The second kappa shape index (κ2) is 5.23. The van der Waals surface area contributed by atoms with Gasteiger partial charge in [-0.25, -0.2) is 4.98 Å². The first-order valence-corrected chi connectivity index (χ1v) is 7.61. The fourth-order valence-electron chi connectivity index (χ4n) is 2.63. The molecule has 1 heterocycles. The minimum atomic E-state index is -1.09. The van der Waals surface area contributed by atoms with Gasteiger partial charge in [-0.05, 0) is 31.4 Å². The lowest BCUT2D eigenvalue weighted by Gasteiger charge is -2.17. The first-order chi connectivity index (χ1) is 10.00. The minimum Gasteiger partial charge on any atom is -0.497 e. The predicted molar refractivity (Wildman–Crippen MR) is 80.7 cm³/mol. The molecule has 1 aromatic carbocycles. The van der Waals surface area contributed by atoms with Crippen molar-refractivity contribution in [1.29, 1.82) is 0 Å². The third kappa shape index (κ3) is 2.71. The molecular weight excluding hydrogens is 290 g/mol. The number of methoxy groups -OCH3 is 1. The second-order valence-corrected chi connectivity index (χ2v) is 6.66. The van der Waals surface area contributed by atoms with E-state index < -0.39 is 11.5 Å². The van der Waals surface area contributed by atoms with E-state index in [1.54, 1.807) is 18.9 Å². The molecule has 1 aromatic heterocycles. The maximum Gasteiger partial charge on any atom is 0.323 e. The van der Waals surface area contributed by atoms with Crippen molar-refractivity contribution in [2.45, 2.75) is 35.2 Å². The number of aromatic amines is 1. The molecule has 0 spiro atoms. The standard InChI is InChI=1S/C14H17N3O3S/c1-20-8-2-3-10-11(6-8)17-13(16-10)21-9-4-5-14(15,7-9)12(18)19/h2-3,6,9H,4-5,7,15H2,1H3,(H,16,17)(H,18,19). The summed E-state index contributed by atoms with van der Waals surface area (Å²) in [4.78, 5) is 18.9. The smallest absolute Gasteiger partial charge is 0.323 e. The lowest BCUT2D eigenvalue weighted by atomic mass is 10.0. The van der Waals surface area contributed by atoms with Crippen LogP contribution in [0.1, 0.15) is 19.3 Å². The molecule has 0 saturated heterocycles. The van der Waals surface area contributed by atoms with E-state index in [-0.39, 0.29) is 5.25 Å². The van der Waals surface area contributed by atoms with Crippen LogP contribution in [0, 0.1) is 0 Å². The lowest BCUT2D eigenvalue weighted by Crippen LogP contribution is -2.45. The van der Waals surface area contributed by atoms with Crippen molar-refractivity contribution in [3.8, 4) is 5.75 Å². The maximum atomic E-state index is 11.2. The van der Waals surface area contributed by atoms with Crippen molar-refractivity contribution in [2.24, 2.45) is 5.73 Å². The first kappa shape index (κ1) is 14.2. The molecule has 1 saturated carbocycles. The van der Waals surface area contributed by atoms with Crippen molar-refractivity contribution in [2.75, 3.05) is 7.11 Å². The molecule has 6 nitrogen and oxygen atoms in total. The average molecular weight is 307 g/mol. The SMILES string of the molecule is COc1ccc2nc(SC3CCC(N)(C(=O)O)C3)[nH]c2c1. The number of aromatic nitrogens is 2. The fraction of sp³-hybridized carbons (Fsp3) is 0.429. The van der Waals surface area contributed by atoms with Gasteiger partial charge in [-0.3, -0.25) is 4.79 Å². The van der Waals surface area contributed by atoms with E-state index in [1.165, 1.54) is 0 Å². The molecule has 1 fully saturated rings. The van der Waals surface area contributed by atoms with Crippen LogP contribution in [-0.2, 0) is 4.79 Å². The van der Waals surface area contributed by atoms with Crippen LogP contribution in [0.15, 0.2) is 23.4 Å². The number of nitrogens with two attached hydrogens (primary N) is 1. The highest BCUT2D eigenvalue weighted by Crippen LogP contribution is 2.38. The number of carbonyl (C=O) groups is 1. The van der Waals surface area contributed by atoms with E-state index in [2.05, 4.69) is 9.97 Å². The molecule has 2 aromatic rings. The van der Waals surface area contributed by atoms with Crippen LogP contribution in [0.3, 0.4) is 0 Å². The number of rotatable bonds is 4. The van der Waals surface area contributed by atoms with Gasteiger partial charge in [-0.1, -0.05) is 11.8 Å². The number of ether oxygens (including phenoxy) is 1. The number of H-pyrrole nitrogens is 1. The summed E-state index contributed by atoms with van der Waals surface area (Å²) in [5, 5.41) is 10.1. The molecule has 2 unspecified atom stereocenters. The van der Waals surface area contributed by atoms with Gasteiger partial charge in [0, 0.05) is 11.3 Å². The Hall–Kier alpha value is -1.73. The number of hydrogen-bond donors (Lipinski definition) is 3. The Morgan fingerprint density at radius 2 is 2.43 bits per heavy atom. The average Bonchev–Trinajstić information content (AvgIpc) is 3.02. The van der Waals surface area contributed by atoms with Crippen molar-refractivity contribution < 1.29 is 14.6 Å². The van der Waals surface area contributed by atoms with Crippen LogP contribution in [-0.4, -0.2) is 38.9 Å². The summed E-state index contributed by atoms with van der Waals surface area (Å²) in [7, 11) is 1.62. The number of carboxylic acids is 1. The van der Waals surface area contributed by atoms with E-state index in [4.69, 9.17) is 15.6 Å². The largest absolute Gasteiger partial charge is 0.497 e. The third-order valence-corrected chi connectivity index (χ3v) is 5.03. The second-order valence-electron chi connectivity index (χ2n) is 5.37. The first-order valence-electron chi connectivity index (χ1n) is 6.73. The van der Waals surface area contributed by atoms with Crippen LogP contribution in [0.2, 0.25) is 0 Å². The number of aliphatic carboxylic acids is 1. The number of nitrogens with zero attached hydrogens (tertiary/aromatic N) is 1. The Morgan fingerprint density at radius 3 is 3.10 bits per heavy atom. The van der Waals surface area contributed by atoms with E-state index in [0.717, 1.165) is 28.4 Å². The highest BCUT2D eigenvalue weighted by Gasteiger charge is 2.42. The highest BCUT2D eigenvalue weighted by atomic mass is 32.2. The highest BCUT2D eigenvalue weighted by molar-refractivity contribution is 7.99. The van der Waals surface area contributed by atoms with Gasteiger partial charge in [0.25, 0.3) is 0 Å². The molecule has 21 heavy (non-hydrogen) atoms. The zero-order valence-electron chi connectivity index (χ0n) is 11.6. The van der Waals surface area contributed by atoms with Crippen LogP contribution >= 0.6 is 11.8 Å². The molecule has 0 bridgehead atoms. The van der Waals surface area contributed by atoms with E-state index >= 15 is 0 Å². The topological polar surface area (TPSA) is 101 Å². The maximum absolute atomic E-state index is 11.2. The van der Waals surface area contributed by atoms with E-state index in [0.29, 0.717) is 12.8 Å². The summed E-state index contributed by atoms with van der Waals surface area (Å²) < 4.78 is 5.18. The Kier molecular flexibility index (Phi) is 3.54. The summed E-state index contributed by atoms with van der Waals surface area (Å²) in [5.74, 6) is -0.143. The van der Waals surface area contributed by atoms with Gasteiger partial charge in [-0.15, -0.1) is 0 Å². The van der Waals surface area contributed by atoms with E-state index in [9.17, 15) is 4.79 Å². The Bertz CT molecular complexity index is 687.